The number of aliphatic imine (C=N–C) groups is 1. The molecule has 0 saturated carbocycles. The Bertz CT molecular complexity index is 473. The molecule has 2 rings (SSSR count). The van der Waals surface area contributed by atoms with Crippen LogP contribution in [0, 0.1) is 0 Å². The van der Waals surface area contributed by atoms with Crippen LogP contribution in [0.3, 0.4) is 0 Å². The van der Waals surface area contributed by atoms with Gasteiger partial charge in [0.05, 0.1) is 5.60 Å². The van der Waals surface area contributed by atoms with Gasteiger partial charge in [0, 0.05) is 31.8 Å². The summed E-state index contributed by atoms with van der Waals surface area (Å²) >= 11 is 5.88. The predicted molar refractivity (Wildman–Crippen MR) is 104 cm³/mol. The van der Waals surface area contributed by atoms with Crippen LogP contribution in [0.5, 0.6) is 0 Å². The second-order valence-corrected chi connectivity index (χ2v) is 6.07. The molecule has 1 aromatic carbocycles. The van der Waals surface area contributed by atoms with Crippen molar-refractivity contribution in [2.24, 2.45) is 4.99 Å². The minimum absolute atomic E-state index is 0. The molecule has 0 aromatic heterocycles. The van der Waals surface area contributed by atoms with E-state index in [1.54, 1.807) is 7.05 Å². The first-order valence-corrected chi connectivity index (χ1v) is 7.82. The summed E-state index contributed by atoms with van der Waals surface area (Å²) in [5.74, 6) is 0.820. The van der Waals surface area contributed by atoms with Gasteiger partial charge in [0.15, 0.2) is 5.96 Å². The van der Waals surface area contributed by atoms with E-state index in [1.807, 2.05) is 24.3 Å². The Labute approximate surface area is 155 Å². The summed E-state index contributed by atoms with van der Waals surface area (Å²) in [7, 11) is 1.79. The van der Waals surface area contributed by atoms with Gasteiger partial charge in [-0.15, -0.1) is 24.0 Å². The highest BCUT2D eigenvalue weighted by atomic mass is 127. The summed E-state index contributed by atoms with van der Waals surface area (Å²) in [6.07, 6.45) is 3.17. The number of hydrogen-bond donors (Lipinski definition) is 2. The van der Waals surface area contributed by atoms with Crippen LogP contribution in [0.2, 0.25) is 5.02 Å². The molecule has 1 unspecified atom stereocenters. The van der Waals surface area contributed by atoms with Gasteiger partial charge in [-0.2, -0.15) is 0 Å². The van der Waals surface area contributed by atoms with Crippen molar-refractivity contribution in [3.05, 3.63) is 34.9 Å². The molecule has 22 heavy (non-hydrogen) atoms. The summed E-state index contributed by atoms with van der Waals surface area (Å²) in [4.78, 5) is 4.24. The average molecular weight is 438 g/mol. The van der Waals surface area contributed by atoms with Crippen molar-refractivity contribution < 1.29 is 4.74 Å². The van der Waals surface area contributed by atoms with Gasteiger partial charge in [0.2, 0.25) is 0 Å². The predicted octanol–water partition coefficient (Wildman–Crippen LogP) is 3.23. The van der Waals surface area contributed by atoms with Gasteiger partial charge in [-0.25, -0.2) is 0 Å². The molecule has 1 saturated heterocycles. The lowest BCUT2D eigenvalue weighted by Gasteiger charge is -2.24. The Morgan fingerprint density at radius 2 is 2.05 bits per heavy atom. The molecule has 2 N–H and O–H groups in total. The van der Waals surface area contributed by atoms with Crippen LogP contribution in [-0.4, -0.2) is 38.3 Å². The standard InChI is InChI=1S/C16H24ClN3O.HI/c1-16(9-3-11-21-16)12-20-15(18-2)19-10-8-13-4-6-14(17)7-5-13;/h4-7H,3,8-12H2,1-2H3,(H2,18,19,20);1H. The van der Waals surface area contributed by atoms with Crippen molar-refractivity contribution in [1.82, 2.24) is 10.6 Å². The third-order valence-electron chi connectivity index (χ3n) is 3.77. The Balaban J connectivity index is 0.00000242. The zero-order chi connectivity index (χ0) is 15.1. The number of benzene rings is 1. The SMILES string of the molecule is CN=C(NCCc1ccc(Cl)cc1)NCC1(C)CCCO1.I. The third-order valence-corrected chi connectivity index (χ3v) is 4.03. The van der Waals surface area contributed by atoms with E-state index in [0.717, 1.165) is 49.9 Å². The summed E-state index contributed by atoms with van der Waals surface area (Å²) in [5, 5.41) is 7.44. The quantitative estimate of drug-likeness (QED) is 0.422. The van der Waals surface area contributed by atoms with Crippen LogP contribution in [0.1, 0.15) is 25.3 Å². The maximum atomic E-state index is 5.88. The van der Waals surface area contributed by atoms with E-state index in [1.165, 1.54) is 5.56 Å². The minimum atomic E-state index is -0.0617. The van der Waals surface area contributed by atoms with Crippen molar-refractivity contribution in [1.29, 1.82) is 0 Å². The monoisotopic (exact) mass is 437 g/mol. The Kier molecular flexibility index (Phi) is 8.49. The fourth-order valence-electron chi connectivity index (χ4n) is 2.44. The van der Waals surface area contributed by atoms with Gasteiger partial charge in [-0.3, -0.25) is 4.99 Å². The van der Waals surface area contributed by atoms with Crippen molar-refractivity contribution >= 4 is 41.5 Å². The van der Waals surface area contributed by atoms with Gasteiger partial charge in [-0.05, 0) is 43.9 Å². The first-order chi connectivity index (χ1) is 10.1. The van der Waals surface area contributed by atoms with E-state index in [2.05, 4.69) is 22.5 Å². The van der Waals surface area contributed by atoms with Crippen molar-refractivity contribution in [3.63, 3.8) is 0 Å². The van der Waals surface area contributed by atoms with E-state index in [-0.39, 0.29) is 29.6 Å². The maximum absolute atomic E-state index is 5.88. The molecular formula is C16H25ClIN3O. The lowest BCUT2D eigenvalue weighted by molar-refractivity contribution is 0.0243. The maximum Gasteiger partial charge on any atom is 0.191 e. The Morgan fingerprint density at radius 1 is 1.32 bits per heavy atom. The topological polar surface area (TPSA) is 45.7 Å². The molecule has 1 aliphatic heterocycles. The molecule has 1 aliphatic rings. The van der Waals surface area contributed by atoms with Crippen molar-refractivity contribution in [2.75, 3.05) is 26.7 Å². The molecule has 0 amide bonds. The van der Waals surface area contributed by atoms with Gasteiger partial charge in [0.25, 0.3) is 0 Å². The smallest absolute Gasteiger partial charge is 0.191 e. The highest BCUT2D eigenvalue weighted by Gasteiger charge is 2.29. The summed E-state index contributed by atoms with van der Waals surface area (Å²) in [6.45, 7) is 4.63. The van der Waals surface area contributed by atoms with E-state index >= 15 is 0 Å². The Hall–Kier alpha value is -0.530. The van der Waals surface area contributed by atoms with Crippen LogP contribution < -0.4 is 10.6 Å². The molecule has 0 aliphatic carbocycles. The van der Waals surface area contributed by atoms with Crippen molar-refractivity contribution in [2.45, 2.75) is 31.8 Å². The third kappa shape index (κ3) is 6.30. The highest BCUT2D eigenvalue weighted by Crippen LogP contribution is 2.23. The molecule has 1 fully saturated rings. The molecule has 1 heterocycles. The molecular weight excluding hydrogens is 413 g/mol. The second kappa shape index (κ2) is 9.57. The van der Waals surface area contributed by atoms with Crippen LogP contribution in [0.15, 0.2) is 29.3 Å². The summed E-state index contributed by atoms with van der Waals surface area (Å²) in [5.41, 5.74) is 1.20. The number of hydrogen-bond acceptors (Lipinski definition) is 2. The fourth-order valence-corrected chi connectivity index (χ4v) is 2.57. The number of nitrogens with zero attached hydrogens (tertiary/aromatic N) is 1. The van der Waals surface area contributed by atoms with Crippen LogP contribution in [0.25, 0.3) is 0 Å². The van der Waals surface area contributed by atoms with Crippen LogP contribution in [-0.2, 0) is 11.2 Å². The van der Waals surface area contributed by atoms with Gasteiger partial charge >= 0.3 is 0 Å². The fraction of sp³-hybridized carbons (Fsp3) is 0.562. The van der Waals surface area contributed by atoms with Crippen LogP contribution in [0.4, 0.5) is 0 Å². The zero-order valence-corrected chi connectivity index (χ0v) is 16.3. The summed E-state index contributed by atoms with van der Waals surface area (Å²) < 4.78 is 5.76. The highest BCUT2D eigenvalue weighted by molar-refractivity contribution is 14.0. The lowest BCUT2D eigenvalue weighted by atomic mass is 10.0. The molecule has 4 nitrogen and oxygen atoms in total. The first-order valence-electron chi connectivity index (χ1n) is 7.44. The molecule has 124 valence electrons. The zero-order valence-electron chi connectivity index (χ0n) is 13.2. The number of guanidine groups is 1. The van der Waals surface area contributed by atoms with Gasteiger partial charge in [-0.1, -0.05) is 23.7 Å². The lowest BCUT2D eigenvalue weighted by Crippen LogP contribution is -2.45. The molecule has 1 aromatic rings. The molecule has 6 heteroatoms. The molecule has 0 radical (unpaired) electrons. The van der Waals surface area contributed by atoms with E-state index < -0.39 is 0 Å². The van der Waals surface area contributed by atoms with Gasteiger partial charge in [0.1, 0.15) is 0 Å². The number of halogens is 2. The molecule has 0 spiro atoms. The van der Waals surface area contributed by atoms with E-state index in [4.69, 9.17) is 16.3 Å². The number of rotatable bonds is 5. The van der Waals surface area contributed by atoms with E-state index in [9.17, 15) is 0 Å². The largest absolute Gasteiger partial charge is 0.373 e. The van der Waals surface area contributed by atoms with E-state index in [0.29, 0.717) is 0 Å². The summed E-state index contributed by atoms with van der Waals surface area (Å²) in [6, 6.07) is 7.94. The minimum Gasteiger partial charge on any atom is -0.373 e. The number of nitrogens with one attached hydrogen (secondary N) is 2. The Morgan fingerprint density at radius 3 is 2.64 bits per heavy atom. The average Bonchev–Trinajstić information content (AvgIpc) is 2.92. The van der Waals surface area contributed by atoms with Crippen LogP contribution >= 0.6 is 35.6 Å². The molecule has 1 atom stereocenters. The number of ether oxygens (including phenoxy) is 1. The molecule has 0 bridgehead atoms. The van der Waals surface area contributed by atoms with Crippen molar-refractivity contribution in [3.8, 4) is 0 Å². The second-order valence-electron chi connectivity index (χ2n) is 5.63. The van der Waals surface area contributed by atoms with Gasteiger partial charge < -0.3 is 15.4 Å². The normalized spacial score (nSPS) is 21.3. The first kappa shape index (κ1) is 19.5.